The number of rotatable bonds is 8. The zero-order valence-corrected chi connectivity index (χ0v) is 15.5. The van der Waals surface area contributed by atoms with Crippen molar-refractivity contribution in [1.82, 2.24) is 3.71 Å². The van der Waals surface area contributed by atoms with Crippen LogP contribution in [0.15, 0.2) is 0 Å². The summed E-state index contributed by atoms with van der Waals surface area (Å²) in [6.07, 6.45) is 0. The molecule has 0 aromatic heterocycles. The van der Waals surface area contributed by atoms with Crippen LogP contribution in [-0.4, -0.2) is 53.4 Å². The van der Waals surface area contributed by atoms with E-state index in [4.69, 9.17) is 46.4 Å². The number of alkyl halides is 4. The van der Waals surface area contributed by atoms with E-state index in [1.165, 1.54) is 14.0 Å². The van der Waals surface area contributed by atoms with E-state index in [9.17, 15) is 16.8 Å². The Bertz CT molecular complexity index is 490. The van der Waals surface area contributed by atoms with Gasteiger partial charge in [-0.2, -0.15) is 0 Å². The summed E-state index contributed by atoms with van der Waals surface area (Å²) in [5.41, 5.74) is 0. The normalized spacial score (nSPS) is 14.3. The SMILES string of the molecule is CCS(=O)(=O)CCS(=O)(=O)N(C)SC(Cl)(Cl)C(Cl)Cl. The predicted octanol–water partition coefficient (Wildman–Crippen LogP) is 2.27. The van der Waals surface area contributed by atoms with E-state index in [1.807, 2.05) is 0 Å². The molecule has 12 heteroatoms. The zero-order chi connectivity index (χ0) is 15.5. The number of sulfone groups is 1. The lowest BCUT2D eigenvalue weighted by atomic mass is 10.9. The summed E-state index contributed by atoms with van der Waals surface area (Å²) in [5.74, 6) is -1.16. The molecule has 0 spiro atoms. The molecule has 0 fully saturated rings. The van der Waals surface area contributed by atoms with E-state index < -0.39 is 39.9 Å². The molecule has 0 saturated carbocycles. The molecule has 0 unspecified atom stereocenters. The van der Waals surface area contributed by atoms with Gasteiger partial charge in [0.05, 0.1) is 11.5 Å². The van der Waals surface area contributed by atoms with Crippen LogP contribution < -0.4 is 0 Å². The number of hydrogen-bond acceptors (Lipinski definition) is 5. The number of halogens is 4. The third-order valence-electron chi connectivity index (χ3n) is 1.99. The first kappa shape index (κ1) is 20.4. The fourth-order valence-electron chi connectivity index (χ4n) is 0.773. The standard InChI is InChI=1S/C7H13Cl4NO4S3/c1-3-18(13,14)4-5-19(15,16)12(2)17-7(10,11)6(8)9/h6H,3-5H2,1-2H3. The molecular formula is C7H13Cl4NO4S3. The molecule has 0 aliphatic heterocycles. The Labute approximate surface area is 138 Å². The van der Waals surface area contributed by atoms with Crippen LogP contribution in [0.2, 0.25) is 0 Å². The average Bonchev–Trinajstić information content (AvgIpc) is 2.26. The monoisotopic (exact) mass is 411 g/mol. The van der Waals surface area contributed by atoms with Gasteiger partial charge in [0, 0.05) is 12.8 Å². The maximum absolute atomic E-state index is 11.8. The van der Waals surface area contributed by atoms with Gasteiger partial charge in [0.1, 0.15) is 0 Å². The summed E-state index contributed by atoms with van der Waals surface area (Å²) >= 11 is 22.9. The number of hydrogen-bond donors (Lipinski definition) is 0. The lowest BCUT2D eigenvalue weighted by Gasteiger charge is -2.25. The first-order chi connectivity index (χ1) is 8.34. The molecule has 0 aliphatic carbocycles. The average molecular weight is 413 g/mol. The summed E-state index contributed by atoms with van der Waals surface area (Å²) in [6, 6.07) is 0. The van der Waals surface area contributed by atoms with E-state index in [1.54, 1.807) is 0 Å². The van der Waals surface area contributed by atoms with E-state index in [2.05, 4.69) is 0 Å². The molecule has 0 heterocycles. The van der Waals surface area contributed by atoms with Crippen molar-refractivity contribution in [2.24, 2.45) is 0 Å². The van der Waals surface area contributed by atoms with Crippen molar-refractivity contribution >= 4 is 78.2 Å². The molecule has 5 nitrogen and oxygen atoms in total. The minimum atomic E-state index is -3.84. The largest absolute Gasteiger partial charge is 0.229 e. The molecule has 0 atom stereocenters. The second kappa shape index (κ2) is 7.58. The first-order valence-corrected chi connectivity index (χ1v) is 10.7. The van der Waals surface area contributed by atoms with Gasteiger partial charge in [0.2, 0.25) is 13.7 Å². The van der Waals surface area contributed by atoms with Gasteiger partial charge in [0.25, 0.3) is 0 Å². The van der Waals surface area contributed by atoms with Crippen molar-refractivity contribution in [1.29, 1.82) is 0 Å². The van der Waals surface area contributed by atoms with E-state index in [0.717, 1.165) is 3.71 Å². The second-order valence-electron chi connectivity index (χ2n) is 3.42. The van der Waals surface area contributed by atoms with Crippen molar-refractivity contribution in [3.8, 4) is 0 Å². The highest BCUT2D eigenvalue weighted by atomic mass is 35.5. The minimum Gasteiger partial charge on any atom is -0.229 e. The second-order valence-corrected chi connectivity index (χ2v) is 12.5. The van der Waals surface area contributed by atoms with Gasteiger partial charge in [-0.3, -0.25) is 0 Å². The molecule has 0 aromatic carbocycles. The molecule has 116 valence electrons. The van der Waals surface area contributed by atoms with E-state index in [0.29, 0.717) is 11.9 Å². The number of nitrogens with zero attached hydrogens (tertiary/aromatic N) is 1. The van der Waals surface area contributed by atoms with Crippen LogP contribution in [0.3, 0.4) is 0 Å². The van der Waals surface area contributed by atoms with Crippen molar-refractivity contribution in [3.05, 3.63) is 0 Å². The molecular weight excluding hydrogens is 400 g/mol. The summed E-state index contributed by atoms with van der Waals surface area (Å²) < 4.78 is 45.2. The highest BCUT2D eigenvalue weighted by molar-refractivity contribution is 8.11. The quantitative estimate of drug-likeness (QED) is 0.451. The van der Waals surface area contributed by atoms with Gasteiger partial charge in [-0.05, 0) is 11.9 Å². The van der Waals surface area contributed by atoms with Gasteiger partial charge in [-0.25, -0.2) is 16.8 Å². The van der Waals surface area contributed by atoms with Crippen LogP contribution in [0, 0.1) is 0 Å². The predicted molar refractivity (Wildman–Crippen MR) is 83.4 cm³/mol. The molecule has 0 aliphatic rings. The van der Waals surface area contributed by atoms with Gasteiger partial charge < -0.3 is 0 Å². The fourth-order valence-corrected chi connectivity index (χ4v) is 5.74. The molecule has 0 amide bonds. The van der Waals surface area contributed by atoms with Crippen LogP contribution in [0.1, 0.15) is 6.92 Å². The zero-order valence-electron chi connectivity index (χ0n) is 10.0. The van der Waals surface area contributed by atoms with Crippen molar-refractivity contribution in [2.45, 2.75) is 15.4 Å². The summed E-state index contributed by atoms with van der Waals surface area (Å²) in [7, 11) is -6.03. The van der Waals surface area contributed by atoms with Crippen LogP contribution >= 0.6 is 58.4 Å². The van der Waals surface area contributed by atoms with Crippen LogP contribution in [0.5, 0.6) is 0 Å². The molecule has 0 radical (unpaired) electrons. The third kappa shape index (κ3) is 7.26. The first-order valence-electron chi connectivity index (χ1n) is 4.86. The van der Waals surface area contributed by atoms with Gasteiger partial charge in [0.15, 0.2) is 14.7 Å². The Kier molecular flexibility index (Phi) is 8.12. The topological polar surface area (TPSA) is 71.5 Å². The number of sulfonamides is 1. The highest BCUT2D eigenvalue weighted by Gasteiger charge is 2.38. The van der Waals surface area contributed by atoms with Gasteiger partial charge in [-0.15, -0.1) is 26.9 Å². The Morgan fingerprint density at radius 1 is 1.16 bits per heavy atom. The van der Waals surface area contributed by atoms with E-state index in [-0.39, 0.29) is 5.75 Å². The van der Waals surface area contributed by atoms with Gasteiger partial charge >= 0.3 is 0 Å². The van der Waals surface area contributed by atoms with Crippen molar-refractivity contribution in [3.63, 3.8) is 0 Å². The Morgan fingerprint density at radius 2 is 1.63 bits per heavy atom. The molecule has 0 N–H and O–H groups in total. The third-order valence-corrected chi connectivity index (χ3v) is 9.31. The summed E-state index contributed by atoms with van der Waals surface area (Å²) in [6.45, 7) is 1.44. The maximum atomic E-state index is 11.8. The van der Waals surface area contributed by atoms with Crippen LogP contribution in [-0.2, 0) is 19.9 Å². The molecule has 19 heavy (non-hydrogen) atoms. The maximum Gasteiger partial charge on any atom is 0.224 e. The fraction of sp³-hybridized carbons (Fsp3) is 1.00. The van der Waals surface area contributed by atoms with Crippen LogP contribution in [0.4, 0.5) is 0 Å². The van der Waals surface area contributed by atoms with E-state index >= 15 is 0 Å². The lowest BCUT2D eigenvalue weighted by Crippen LogP contribution is -2.32. The summed E-state index contributed by atoms with van der Waals surface area (Å²) in [5, 5.41) is 0. The molecule has 0 rings (SSSR count). The Balaban J connectivity index is 4.76. The Morgan fingerprint density at radius 3 is 2.00 bits per heavy atom. The lowest BCUT2D eigenvalue weighted by molar-refractivity contribution is 0.563. The smallest absolute Gasteiger partial charge is 0.224 e. The highest BCUT2D eigenvalue weighted by Crippen LogP contribution is 2.44. The van der Waals surface area contributed by atoms with Crippen LogP contribution in [0.25, 0.3) is 0 Å². The summed E-state index contributed by atoms with van der Waals surface area (Å²) in [4.78, 5) is -1.22. The van der Waals surface area contributed by atoms with Crippen molar-refractivity contribution in [2.75, 3.05) is 24.3 Å². The van der Waals surface area contributed by atoms with Gasteiger partial charge in [-0.1, -0.05) is 30.1 Å². The molecule has 0 bridgehead atoms. The molecule has 0 saturated heterocycles. The minimum absolute atomic E-state index is 0.125. The van der Waals surface area contributed by atoms with Crippen molar-refractivity contribution < 1.29 is 16.8 Å². The molecule has 0 aromatic rings. The Hall–Kier alpha value is 1.37.